The van der Waals surface area contributed by atoms with Crippen LogP contribution < -0.4 is 10.6 Å². The fourth-order valence-corrected chi connectivity index (χ4v) is 4.02. The first kappa shape index (κ1) is 21.6. The van der Waals surface area contributed by atoms with Gasteiger partial charge in [0.05, 0.1) is 11.0 Å². The number of likely N-dealkylation sites (tertiary alicyclic amines) is 1. The normalized spacial score (nSPS) is 22.9. The van der Waals surface area contributed by atoms with Gasteiger partial charge in [0.25, 0.3) is 5.69 Å². The summed E-state index contributed by atoms with van der Waals surface area (Å²) < 4.78 is 0. The number of piperidine rings is 1. The molecule has 0 bridgehead atoms. The van der Waals surface area contributed by atoms with Gasteiger partial charge in [-0.2, -0.15) is 0 Å². The van der Waals surface area contributed by atoms with E-state index in [4.69, 9.17) is 0 Å². The first-order valence-corrected chi connectivity index (χ1v) is 9.51. The zero-order valence-corrected chi connectivity index (χ0v) is 16.6. The minimum atomic E-state index is -0.315. The van der Waals surface area contributed by atoms with Crippen molar-refractivity contribution < 1.29 is 9.72 Å². The van der Waals surface area contributed by atoms with Crippen LogP contribution in [0.3, 0.4) is 0 Å². The number of nitrogens with zero attached hydrogens (tertiary/aromatic N) is 2. The summed E-state index contributed by atoms with van der Waals surface area (Å²) in [5.74, 6) is 0.558. The van der Waals surface area contributed by atoms with Gasteiger partial charge in [0.2, 0.25) is 5.91 Å². The Kier molecular flexibility index (Phi) is 8.01. The Morgan fingerprint density at radius 3 is 2.89 bits per heavy atom. The van der Waals surface area contributed by atoms with Gasteiger partial charge in [-0.3, -0.25) is 19.8 Å². The van der Waals surface area contributed by atoms with Gasteiger partial charge in [-0.15, -0.1) is 12.4 Å². The molecule has 2 unspecified atom stereocenters. The van der Waals surface area contributed by atoms with E-state index >= 15 is 0 Å². The Hall–Kier alpha value is -1.70. The van der Waals surface area contributed by atoms with Crippen LogP contribution in [-0.2, 0) is 11.3 Å². The number of nitrogens with one attached hydrogen (secondary N) is 2. The minimum Gasteiger partial charge on any atom is -0.354 e. The number of hydrogen-bond donors (Lipinski definition) is 2. The first-order chi connectivity index (χ1) is 12.5. The number of rotatable bonds is 6. The van der Waals surface area contributed by atoms with Gasteiger partial charge in [0, 0.05) is 31.3 Å². The molecule has 1 aromatic carbocycles. The smallest absolute Gasteiger partial charge is 0.272 e. The highest BCUT2D eigenvalue weighted by Crippen LogP contribution is 2.24. The van der Waals surface area contributed by atoms with Crippen molar-refractivity contribution in [1.29, 1.82) is 0 Å². The summed E-state index contributed by atoms with van der Waals surface area (Å²) in [6.45, 7) is 6.10. The molecule has 27 heavy (non-hydrogen) atoms. The van der Waals surface area contributed by atoms with Crippen molar-refractivity contribution in [2.45, 2.75) is 45.2 Å². The number of carbonyl (C=O) groups is 1. The van der Waals surface area contributed by atoms with E-state index < -0.39 is 0 Å². The lowest BCUT2D eigenvalue weighted by Gasteiger charge is -2.33. The number of carbonyl (C=O) groups excluding carboxylic acids is 1. The molecule has 2 aliphatic rings. The molecule has 2 aliphatic heterocycles. The summed E-state index contributed by atoms with van der Waals surface area (Å²) in [5, 5.41) is 17.4. The van der Waals surface area contributed by atoms with Gasteiger partial charge in [-0.05, 0) is 57.2 Å². The van der Waals surface area contributed by atoms with Crippen molar-refractivity contribution in [3.8, 4) is 0 Å². The third-order valence-electron chi connectivity index (χ3n) is 5.55. The molecule has 1 aromatic rings. The molecule has 2 atom stereocenters. The van der Waals surface area contributed by atoms with Crippen LogP contribution in [0.5, 0.6) is 0 Å². The highest BCUT2D eigenvalue weighted by Gasteiger charge is 2.25. The molecule has 0 aliphatic carbocycles. The molecule has 2 N–H and O–H groups in total. The van der Waals surface area contributed by atoms with E-state index in [0.717, 1.165) is 63.0 Å². The average Bonchev–Trinajstić information content (AvgIpc) is 3.16. The van der Waals surface area contributed by atoms with Crippen LogP contribution in [-0.4, -0.2) is 48.0 Å². The lowest BCUT2D eigenvalue weighted by Crippen LogP contribution is -2.45. The molecule has 0 aromatic heterocycles. The molecule has 7 nitrogen and oxygen atoms in total. The van der Waals surface area contributed by atoms with E-state index in [0.29, 0.717) is 12.5 Å². The second-order valence-electron chi connectivity index (χ2n) is 7.46. The van der Waals surface area contributed by atoms with Crippen LogP contribution in [0, 0.1) is 23.0 Å². The molecule has 3 rings (SSSR count). The minimum absolute atomic E-state index is 0. The maximum atomic E-state index is 12.2. The summed E-state index contributed by atoms with van der Waals surface area (Å²) >= 11 is 0. The van der Waals surface area contributed by atoms with Crippen molar-refractivity contribution in [1.82, 2.24) is 15.5 Å². The topological polar surface area (TPSA) is 87.5 Å². The summed E-state index contributed by atoms with van der Waals surface area (Å²) in [5.41, 5.74) is 1.95. The van der Waals surface area contributed by atoms with Crippen molar-refractivity contribution in [3.05, 3.63) is 39.4 Å². The van der Waals surface area contributed by atoms with E-state index in [2.05, 4.69) is 15.5 Å². The molecular formula is C19H29ClN4O3. The van der Waals surface area contributed by atoms with E-state index in [1.165, 1.54) is 0 Å². The van der Waals surface area contributed by atoms with Gasteiger partial charge in [-0.25, -0.2) is 0 Å². The monoisotopic (exact) mass is 396 g/mol. The van der Waals surface area contributed by atoms with Crippen molar-refractivity contribution in [2.75, 3.05) is 26.2 Å². The maximum absolute atomic E-state index is 12.2. The predicted molar refractivity (Wildman–Crippen MR) is 107 cm³/mol. The third kappa shape index (κ3) is 5.64. The number of hydrogen-bond acceptors (Lipinski definition) is 5. The van der Waals surface area contributed by atoms with Crippen LogP contribution in [0.25, 0.3) is 0 Å². The molecule has 2 saturated heterocycles. The molecule has 2 fully saturated rings. The van der Waals surface area contributed by atoms with Crippen LogP contribution >= 0.6 is 12.4 Å². The molecule has 0 spiro atoms. The van der Waals surface area contributed by atoms with Gasteiger partial charge in [0.1, 0.15) is 0 Å². The summed E-state index contributed by atoms with van der Waals surface area (Å²) in [7, 11) is 0. The van der Waals surface area contributed by atoms with E-state index in [1.807, 2.05) is 13.0 Å². The Morgan fingerprint density at radius 1 is 1.37 bits per heavy atom. The van der Waals surface area contributed by atoms with E-state index in [-0.39, 0.29) is 35.0 Å². The number of benzene rings is 1. The number of amides is 1. The summed E-state index contributed by atoms with van der Waals surface area (Å²) in [4.78, 5) is 25.3. The highest BCUT2D eigenvalue weighted by atomic mass is 35.5. The second-order valence-corrected chi connectivity index (χ2v) is 7.46. The molecule has 1 amide bonds. The molecule has 2 heterocycles. The standard InChI is InChI=1S/C19H28N4O3.ClH/c1-14-16(6-2-8-18(14)23(25)26)13-22-10-4-5-15(12-22)11-21-19(24)17-7-3-9-20-17;/h2,6,8,15,17,20H,3-5,7,9-13H2,1H3,(H,21,24);1H. The fraction of sp³-hybridized carbons (Fsp3) is 0.632. The van der Waals surface area contributed by atoms with Crippen LogP contribution in [0.2, 0.25) is 0 Å². The Morgan fingerprint density at radius 2 is 2.19 bits per heavy atom. The summed E-state index contributed by atoms with van der Waals surface area (Å²) in [6, 6.07) is 5.27. The molecule has 0 radical (unpaired) electrons. The molecular weight excluding hydrogens is 368 g/mol. The predicted octanol–water partition coefficient (Wildman–Crippen LogP) is 2.41. The number of nitro benzene ring substituents is 1. The lowest BCUT2D eigenvalue weighted by atomic mass is 9.96. The van der Waals surface area contributed by atoms with Crippen molar-refractivity contribution in [3.63, 3.8) is 0 Å². The number of halogens is 1. The average molecular weight is 397 g/mol. The van der Waals surface area contributed by atoms with Crippen molar-refractivity contribution in [2.24, 2.45) is 5.92 Å². The second kappa shape index (κ2) is 10.0. The molecule has 8 heteroatoms. The zero-order chi connectivity index (χ0) is 18.5. The molecule has 0 saturated carbocycles. The Labute approximate surface area is 166 Å². The summed E-state index contributed by atoms with van der Waals surface area (Å²) in [6.07, 6.45) is 4.20. The van der Waals surface area contributed by atoms with Crippen LogP contribution in [0.4, 0.5) is 5.69 Å². The van der Waals surface area contributed by atoms with E-state index in [1.54, 1.807) is 12.1 Å². The van der Waals surface area contributed by atoms with Crippen LogP contribution in [0.15, 0.2) is 18.2 Å². The van der Waals surface area contributed by atoms with Crippen LogP contribution in [0.1, 0.15) is 36.8 Å². The van der Waals surface area contributed by atoms with Gasteiger partial charge in [-0.1, -0.05) is 12.1 Å². The van der Waals surface area contributed by atoms with Gasteiger partial charge < -0.3 is 10.6 Å². The quantitative estimate of drug-likeness (QED) is 0.569. The Bertz CT molecular complexity index is 664. The third-order valence-corrected chi connectivity index (χ3v) is 5.55. The highest BCUT2D eigenvalue weighted by molar-refractivity contribution is 5.85. The first-order valence-electron chi connectivity index (χ1n) is 9.51. The maximum Gasteiger partial charge on any atom is 0.272 e. The Balaban J connectivity index is 0.00000261. The van der Waals surface area contributed by atoms with Crippen molar-refractivity contribution >= 4 is 24.0 Å². The number of nitro groups is 1. The fourth-order valence-electron chi connectivity index (χ4n) is 4.02. The molecule has 150 valence electrons. The van der Waals surface area contributed by atoms with Gasteiger partial charge in [0.15, 0.2) is 0 Å². The lowest BCUT2D eigenvalue weighted by molar-refractivity contribution is -0.385. The largest absolute Gasteiger partial charge is 0.354 e. The van der Waals surface area contributed by atoms with E-state index in [9.17, 15) is 14.9 Å². The SMILES string of the molecule is Cc1c(CN2CCCC(CNC(=O)C3CCCN3)C2)cccc1[N+](=O)[O-].Cl. The zero-order valence-electron chi connectivity index (χ0n) is 15.8. The van der Waals surface area contributed by atoms with Gasteiger partial charge >= 0.3 is 0 Å².